The van der Waals surface area contributed by atoms with Gasteiger partial charge in [0.15, 0.2) is 11.0 Å². The van der Waals surface area contributed by atoms with Crippen LogP contribution in [-0.2, 0) is 0 Å². The molecule has 0 saturated carbocycles. The SMILES string of the molecule is COc1ccccc1-n1c(SC(C)C#N)nnc1-c1cccs1. The van der Waals surface area contributed by atoms with Gasteiger partial charge in [0.1, 0.15) is 5.75 Å². The predicted octanol–water partition coefficient (Wildman–Crippen LogP) is 4.01. The van der Waals surface area contributed by atoms with Crippen LogP contribution in [0.4, 0.5) is 0 Å². The van der Waals surface area contributed by atoms with Gasteiger partial charge in [-0.3, -0.25) is 4.57 Å². The Hall–Kier alpha value is -2.30. The van der Waals surface area contributed by atoms with Crippen molar-refractivity contribution in [1.82, 2.24) is 14.8 Å². The number of nitrogens with zero attached hydrogens (tertiary/aromatic N) is 4. The van der Waals surface area contributed by atoms with Crippen molar-refractivity contribution in [2.75, 3.05) is 7.11 Å². The molecule has 0 bridgehead atoms. The van der Waals surface area contributed by atoms with Crippen molar-refractivity contribution in [3.05, 3.63) is 41.8 Å². The first kappa shape index (κ1) is 15.6. The van der Waals surface area contributed by atoms with E-state index in [1.165, 1.54) is 11.8 Å². The second kappa shape index (κ2) is 6.86. The highest BCUT2D eigenvalue weighted by atomic mass is 32.2. The Balaban J connectivity index is 2.19. The number of benzene rings is 1. The minimum absolute atomic E-state index is 0.219. The number of rotatable bonds is 5. The summed E-state index contributed by atoms with van der Waals surface area (Å²) in [7, 11) is 1.64. The van der Waals surface area contributed by atoms with E-state index in [0.717, 1.165) is 22.1 Å². The monoisotopic (exact) mass is 342 g/mol. The zero-order chi connectivity index (χ0) is 16.2. The van der Waals surface area contributed by atoms with Gasteiger partial charge in [0.2, 0.25) is 0 Å². The quantitative estimate of drug-likeness (QED) is 0.656. The number of hydrogen-bond acceptors (Lipinski definition) is 6. The molecule has 0 radical (unpaired) electrons. The molecule has 0 amide bonds. The third-order valence-corrected chi connectivity index (χ3v) is 4.96. The first-order valence-electron chi connectivity index (χ1n) is 6.93. The molecule has 3 aromatic rings. The molecule has 2 aromatic heterocycles. The third kappa shape index (κ3) is 3.09. The Bertz CT molecular complexity index is 836. The highest BCUT2D eigenvalue weighted by Crippen LogP contribution is 2.34. The van der Waals surface area contributed by atoms with Crippen molar-refractivity contribution in [3.63, 3.8) is 0 Å². The molecule has 0 aliphatic carbocycles. The maximum atomic E-state index is 9.10. The molecule has 3 rings (SSSR count). The van der Waals surface area contributed by atoms with Gasteiger partial charge >= 0.3 is 0 Å². The van der Waals surface area contributed by atoms with Crippen LogP contribution in [0.3, 0.4) is 0 Å². The van der Waals surface area contributed by atoms with Crippen molar-refractivity contribution in [1.29, 1.82) is 5.26 Å². The Labute approximate surface area is 142 Å². The van der Waals surface area contributed by atoms with Crippen LogP contribution in [0.15, 0.2) is 46.9 Å². The van der Waals surface area contributed by atoms with E-state index in [2.05, 4.69) is 16.3 Å². The number of thiophene rings is 1. The molecule has 23 heavy (non-hydrogen) atoms. The van der Waals surface area contributed by atoms with E-state index in [4.69, 9.17) is 10.00 Å². The van der Waals surface area contributed by atoms with Gasteiger partial charge in [0.05, 0.1) is 29.0 Å². The van der Waals surface area contributed by atoms with Crippen LogP contribution in [0.1, 0.15) is 6.92 Å². The number of para-hydroxylation sites is 2. The molecule has 0 fully saturated rings. The standard InChI is InChI=1S/C16H14N4OS2/c1-11(10-17)23-16-19-18-15(14-8-5-9-22-14)20(16)12-6-3-4-7-13(12)21-2/h3-9,11H,1-2H3. The molecule has 0 saturated heterocycles. The molecular weight excluding hydrogens is 328 g/mol. The maximum Gasteiger partial charge on any atom is 0.197 e. The van der Waals surface area contributed by atoms with Gasteiger partial charge in [-0.25, -0.2) is 0 Å². The molecule has 1 atom stereocenters. The van der Waals surface area contributed by atoms with Gasteiger partial charge in [0.25, 0.3) is 0 Å². The fraction of sp³-hybridized carbons (Fsp3) is 0.188. The third-order valence-electron chi connectivity index (χ3n) is 3.16. The normalized spacial score (nSPS) is 11.9. The van der Waals surface area contributed by atoms with E-state index in [1.807, 2.05) is 53.3 Å². The number of hydrogen-bond donors (Lipinski definition) is 0. The Morgan fingerprint density at radius 2 is 2.09 bits per heavy atom. The summed E-state index contributed by atoms with van der Waals surface area (Å²) >= 11 is 2.98. The van der Waals surface area contributed by atoms with Crippen LogP contribution in [-0.4, -0.2) is 27.1 Å². The smallest absolute Gasteiger partial charge is 0.197 e. The summed E-state index contributed by atoms with van der Waals surface area (Å²) in [4.78, 5) is 1.01. The molecule has 7 heteroatoms. The number of aromatic nitrogens is 3. The van der Waals surface area contributed by atoms with Gasteiger partial charge in [-0.1, -0.05) is 30.0 Å². The largest absolute Gasteiger partial charge is 0.495 e. The molecule has 0 N–H and O–H groups in total. The lowest BCUT2D eigenvalue weighted by atomic mass is 10.3. The summed E-state index contributed by atoms with van der Waals surface area (Å²) in [5.41, 5.74) is 0.857. The minimum atomic E-state index is -0.219. The lowest BCUT2D eigenvalue weighted by molar-refractivity contribution is 0.412. The van der Waals surface area contributed by atoms with Crippen LogP contribution < -0.4 is 4.74 Å². The molecule has 1 unspecified atom stereocenters. The van der Waals surface area contributed by atoms with E-state index in [-0.39, 0.29) is 5.25 Å². The van der Waals surface area contributed by atoms with Crippen molar-refractivity contribution >= 4 is 23.1 Å². The maximum absolute atomic E-state index is 9.10. The number of thioether (sulfide) groups is 1. The Morgan fingerprint density at radius 1 is 1.26 bits per heavy atom. The highest BCUT2D eigenvalue weighted by molar-refractivity contribution is 8.00. The molecule has 0 aliphatic rings. The summed E-state index contributed by atoms with van der Waals surface area (Å²) < 4.78 is 7.43. The second-order valence-electron chi connectivity index (χ2n) is 4.68. The van der Waals surface area contributed by atoms with E-state index in [9.17, 15) is 0 Å². The fourth-order valence-corrected chi connectivity index (χ4v) is 3.57. The highest BCUT2D eigenvalue weighted by Gasteiger charge is 2.20. The molecule has 0 aliphatic heterocycles. The first-order valence-corrected chi connectivity index (χ1v) is 8.69. The van der Waals surface area contributed by atoms with Crippen LogP contribution in [0.5, 0.6) is 5.75 Å². The van der Waals surface area contributed by atoms with E-state index < -0.39 is 0 Å². The van der Waals surface area contributed by atoms with Crippen molar-refractivity contribution in [3.8, 4) is 28.2 Å². The number of ether oxygens (including phenoxy) is 1. The summed E-state index contributed by atoms with van der Waals surface area (Å²) in [5.74, 6) is 1.48. The zero-order valence-electron chi connectivity index (χ0n) is 12.6. The molecule has 2 heterocycles. The first-order chi connectivity index (χ1) is 11.2. The topological polar surface area (TPSA) is 63.7 Å². The van der Waals surface area contributed by atoms with Crippen molar-refractivity contribution < 1.29 is 4.74 Å². The van der Waals surface area contributed by atoms with Gasteiger partial charge in [-0.15, -0.1) is 21.5 Å². The van der Waals surface area contributed by atoms with Crippen molar-refractivity contribution in [2.24, 2.45) is 0 Å². The van der Waals surface area contributed by atoms with Gasteiger partial charge in [0, 0.05) is 0 Å². The average molecular weight is 342 g/mol. The van der Waals surface area contributed by atoms with Crippen molar-refractivity contribution in [2.45, 2.75) is 17.3 Å². The summed E-state index contributed by atoms with van der Waals surface area (Å²) in [6.45, 7) is 1.84. The molecule has 0 spiro atoms. The summed E-state index contributed by atoms with van der Waals surface area (Å²) in [5, 5.41) is 20.2. The lowest BCUT2D eigenvalue weighted by Gasteiger charge is -2.13. The summed E-state index contributed by atoms with van der Waals surface area (Å²) in [6.07, 6.45) is 0. The van der Waals surface area contributed by atoms with E-state index >= 15 is 0 Å². The number of nitriles is 1. The van der Waals surface area contributed by atoms with Crippen LogP contribution >= 0.6 is 23.1 Å². The molecular formula is C16H14N4OS2. The predicted molar refractivity (Wildman–Crippen MR) is 92.2 cm³/mol. The van der Waals surface area contributed by atoms with Crippen LogP contribution in [0, 0.1) is 11.3 Å². The fourth-order valence-electron chi connectivity index (χ4n) is 2.13. The van der Waals surface area contributed by atoms with Crippen LogP contribution in [0.25, 0.3) is 16.4 Å². The van der Waals surface area contributed by atoms with Gasteiger partial charge in [-0.2, -0.15) is 5.26 Å². The van der Waals surface area contributed by atoms with E-state index in [0.29, 0.717) is 5.16 Å². The van der Waals surface area contributed by atoms with Crippen LogP contribution in [0.2, 0.25) is 0 Å². The van der Waals surface area contributed by atoms with Gasteiger partial charge in [-0.05, 0) is 30.5 Å². The summed E-state index contributed by atoms with van der Waals surface area (Å²) in [6, 6.07) is 13.9. The Morgan fingerprint density at radius 3 is 2.78 bits per heavy atom. The Kier molecular flexibility index (Phi) is 4.65. The molecule has 116 valence electrons. The second-order valence-corrected chi connectivity index (χ2v) is 6.94. The lowest BCUT2D eigenvalue weighted by Crippen LogP contribution is -2.03. The van der Waals surface area contributed by atoms with E-state index in [1.54, 1.807) is 18.4 Å². The number of methoxy groups -OCH3 is 1. The molecule has 1 aromatic carbocycles. The average Bonchev–Trinajstić information content (AvgIpc) is 3.24. The van der Waals surface area contributed by atoms with Gasteiger partial charge < -0.3 is 4.74 Å². The molecule has 5 nitrogen and oxygen atoms in total. The zero-order valence-corrected chi connectivity index (χ0v) is 14.3. The minimum Gasteiger partial charge on any atom is -0.495 e.